The van der Waals surface area contributed by atoms with Crippen molar-refractivity contribution in [2.24, 2.45) is 22.2 Å². The van der Waals surface area contributed by atoms with Crippen LogP contribution in [0, 0.1) is 4.64 Å². The number of H-pyrrole nitrogens is 2. The lowest BCUT2D eigenvalue weighted by molar-refractivity contribution is -0.166. The number of unbranched alkanes of at least 4 members (excludes halogenated alkanes) is 1. The molecule has 0 fully saturated rings. The molecule has 0 aliphatic carbocycles. The van der Waals surface area contributed by atoms with E-state index in [4.69, 9.17) is 34.2 Å². The molecular weight excluding hydrogens is 412 g/mol. The van der Waals surface area contributed by atoms with Crippen molar-refractivity contribution in [3.8, 4) is 0 Å². The molecule has 2 heterocycles. The van der Waals surface area contributed by atoms with Gasteiger partial charge in [-0.05, 0) is 25.7 Å². The van der Waals surface area contributed by atoms with Gasteiger partial charge in [0.25, 0.3) is 0 Å². The minimum atomic E-state index is -2.25. The third kappa shape index (κ3) is 5.51. The number of carbonyl (C=O) groups is 2. The lowest BCUT2D eigenvalue weighted by Crippen LogP contribution is -2.56. The lowest BCUT2D eigenvalue weighted by atomic mass is 9.94. The minimum absolute atomic E-state index is 0.131. The van der Waals surface area contributed by atoms with E-state index in [2.05, 4.69) is 24.9 Å². The summed E-state index contributed by atoms with van der Waals surface area (Å²) in [6.07, 6.45) is 2.50. The van der Waals surface area contributed by atoms with Crippen LogP contribution >= 0.6 is 12.2 Å². The van der Waals surface area contributed by atoms with Crippen LogP contribution in [0.3, 0.4) is 0 Å². The molecule has 2 rings (SSSR count). The maximum Gasteiger partial charge on any atom is 0.338 e. The van der Waals surface area contributed by atoms with Crippen molar-refractivity contribution in [1.82, 2.24) is 19.9 Å². The zero-order valence-electron chi connectivity index (χ0n) is 16.6. The summed E-state index contributed by atoms with van der Waals surface area (Å²) in [4.78, 5) is 42.5. The molecule has 2 aromatic rings. The predicted molar refractivity (Wildman–Crippen MR) is 112 cm³/mol. The summed E-state index contributed by atoms with van der Waals surface area (Å²) in [5.41, 5.74) is 15.1. The molecule has 0 aliphatic heterocycles. The summed E-state index contributed by atoms with van der Waals surface area (Å²) in [6.45, 7) is 2.10. The molecular formula is C17H26N8O4S. The average Bonchev–Trinajstić information content (AvgIpc) is 3.17. The first-order chi connectivity index (χ1) is 14.2. The van der Waals surface area contributed by atoms with Crippen LogP contribution in [-0.4, -0.2) is 55.0 Å². The molecule has 9 N–H and O–H groups in total. The highest BCUT2D eigenvalue weighted by Crippen LogP contribution is 2.25. The Hall–Kier alpha value is -3.06. The molecule has 0 radical (unpaired) electrons. The first kappa shape index (κ1) is 23.2. The van der Waals surface area contributed by atoms with E-state index in [9.17, 15) is 14.7 Å². The van der Waals surface area contributed by atoms with Gasteiger partial charge in [-0.25, -0.2) is 19.6 Å². The molecule has 1 unspecified atom stereocenters. The molecule has 2 atom stereocenters. The fourth-order valence-electron chi connectivity index (χ4n) is 2.76. The van der Waals surface area contributed by atoms with Crippen molar-refractivity contribution >= 4 is 41.3 Å². The number of aliphatic imine (C=N–C) groups is 1. The van der Waals surface area contributed by atoms with E-state index < -0.39 is 23.6 Å². The van der Waals surface area contributed by atoms with Crippen molar-refractivity contribution < 1.29 is 19.4 Å². The zero-order chi connectivity index (χ0) is 22.3. The van der Waals surface area contributed by atoms with Gasteiger partial charge in [-0.2, -0.15) is 0 Å². The number of guanidine groups is 1. The van der Waals surface area contributed by atoms with Crippen molar-refractivity contribution in [2.75, 3.05) is 6.54 Å². The topological polar surface area (TPSA) is 211 Å². The maximum atomic E-state index is 12.8. The second kappa shape index (κ2) is 10.1. The van der Waals surface area contributed by atoms with Gasteiger partial charge in [0.15, 0.2) is 28.2 Å². The number of fused-ring (bicyclic) bond motifs is 1. The number of ether oxygens (including phenoxy) is 1. The molecule has 12 nitrogen and oxygen atoms in total. The van der Waals surface area contributed by atoms with Crippen molar-refractivity contribution in [2.45, 2.75) is 50.7 Å². The Morgan fingerprint density at radius 3 is 2.77 bits per heavy atom. The number of carboxylic acid groups (broad SMARTS) is 1. The molecule has 0 spiro atoms. The third-order valence-corrected chi connectivity index (χ3v) is 4.76. The summed E-state index contributed by atoms with van der Waals surface area (Å²) in [6, 6.07) is 0. The molecule has 0 saturated carbocycles. The summed E-state index contributed by atoms with van der Waals surface area (Å²) in [5, 5.41) is 9.56. The highest BCUT2D eigenvalue weighted by atomic mass is 32.1. The summed E-state index contributed by atoms with van der Waals surface area (Å²) in [7, 11) is 0. The van der Waals surface area contributed by atoms with Gasteiger partial charge in [0.05, 0.1) is 6.33 Å². The second-order valence-electron chi connectivity index (χ2n) is 6.78. The van der Waals surface area contributed by atoms with Crippen LogP contribution in [0.15, 0.2) is 11.3 Å². The number of nitrogens with one attached hydrogen (secondary N) is 2. The number of hydrogen-bond acceptors (Lipinski definition) is 8. The van der Waals surface area contributed by atoms with Crippen LogP contribution < -0.4 is 17.2 Å². The van der Waals surface area contributed by atoms with Crippen molar-refractivity contribution in [3.05, 3.63) is 16.8 Å². The molecule has 164 valence electrons. The SMILES string of the molecule is CCCCC(OC(=O)[C@](N)(CCCN=C(N)N)C(=O)O)c1nc(=S)c2[nH]cnc2[nH]1. The highest BCUT2D eigenvalue weighted by molar-refractivity contribution is 7.71. The van der Waals surface area contributed by atoms with Gasteiger partial charge in [-0.3, -0.25) is 4.99 Å². The Morgan fingerprint density at radius 1 is 1.40 bits per heavy atom. The number of aromatic amines is 2. The van der Waals surface area contributed by atoms with E-state index >= 15 is 0 Å². The van der Waals surface area contributed by atoms with E-state index in [0.717, 1.165) is 6.42 Å². The molecule has 0 aliphatic rings. The molecule has 0 saturated heterocycles. The number of hydrogen-bond donors (Lipinski definition) is 6. The fourth-order valence-corrected chi connectivity index (χ4v) is 3.01. The van der Waals surface area contributed by atoms with Crippen molar-refractivity contribution in [1.29, 1.82) is 0 Å². The number of aromatic nitrogens is 4. The number of rotatable bonds is 11. The van der Waals surface area contributed by atoms with E-state index in [-0.39, 0.29) is 35.8 Å². The highest BCUT2D eigenvalue weighted by Gasteiger charge is 2.44. The van der Waals surface area contributed by atoms with Gasteiger partial charge >= 0.3 is 11.9 Å². The smallest absolute Gasteiger partial charge is 0.338 e. The molecule has 30 heavy (non-hydrogen) atoms. The monoisotopic (exact) mass is 438 g/mol. The molecule has 13 heteroatoms. The van der Waals surface area contributed by atoms with E-state index in [1.165, 1.54) is 6.33 Å². The zero-order valence-corrected chi connectivity index (χ0v) is 17.4. The van der Waals surface area contributed by atoms with Crippen LogP contribution in [0.4, 0.5) is 0 Å². The van der Waals surface area contributed by atoms with Crippen molar-refractivity contribution in [3.63, 3.8) is 0 Å². The van der Waals surface area contributed by atoms with Crippen LogP contribution in [0.1, 0.15) is 51.0 Å². The third-order valence-electron chi connectivity index (χ3n) is 4.47. The Labute approximate surface area is 177 Å². The number of imidazole rings is 1. The Morgan fingerprint density at radius 2 is 2.13 bits per heavy atom. The van der Waals surface area contributed by atoms with Crippen LogP contribution in [0.2, 0.25) is 0 Å². The standard InChI is InChI=1S/C17H26N8O4S/c1-2-3-5-9(11-24-12-10(13(30)25-11)22-8-23-12)29-15(28)17(20,14(26)27)6-4-7-21-16(18)19/h8-9H,2-7,20H2,1H3,(H,26,27)(H4,18,19,21)(H2,22,23,24,25,30)/t9?,17-/m0/s1. The summed E-state index contributed by atoms with van der Waals surface area (Å²) >= 11 is 5.25. The van der Waals surface area contributed by atoms with Gasteiger partial charge in [-0.15, -0.1) is 0 Å². The minimum Gasteiger partial charge on any atom is -0.479 e. The first-order valence-electron chi connectivity index (χ1n) is 9.41. The van der Waals surface area contributed by atoms with Gasteiger partial charge < -0.3 is 37.0 Å². The normalized spacial score (nSPS) is 14.1. The van der Waals surface area contributed by atoms with Gasteiger partial charge in [0, 0.05) is 6.54 Å². The van der Waals surface area contributed by atoms with E-state index in [0.29, 0.717) is 24.0 Å². The lowest BCUT2D eigenvalue weighted by Gasteiger charge is -2.26. The summed E-state index contributed by atoms with van der Waals surface area (Å²) in [5.74, 6) is -2.45. The number of esters is 1. The molecule has 0 bridgehead atoms. The number of carboxylic acids is 1. The second-order valence-corrected chi connectivity index (χ2v) is 7.16. The van der Waals surface area contributed by atoms with Crippen LogP contribution in [0.5, 0.6) is 0 Å². The molecule has 0 amide bonds. The number of aliphatic carboxylic acids is 1. The average molecular weight is 439 g/mol. The Kier molecular flexibility index (Phi) is 7.83. The summed E-state index contributed by atoms with van der Waals surface area (Å²) < 4.78 is 5.77. The van der Waals surface area contributed by atoms with Gasteiger partial charge in [-0.1, -0.05) is 25.6 Å². The van der Waals surface area contributed by atoms with E-state index in [1.807, 2.05) is 6.92 Å². The maximum absolute atomic E-state index is 12.8. The largest absolute Gasteiger partial charge is 0.479 e. The number of nitrogens with zero attached hydrogens (tertiary/aromatic N) is 3. The number of nitrogens with two attached hydrogens (primary N) is 3. The number of carbonyl (C=O) groups excluding carboxylic acids is 1. The van der Waals surface area contributed by atoms with Gasteiger partial charge in [0.2, 0.25) is 5.54 Å². The quantitative estimate of drug-likeness (QED) is 0.0718. The molecule has 2 aromatic heterocycles. The van der Waals surface area contributed by atoms with Crippen LogP contribution in [-0.2, 0) is 14.3 Å². The molecule has 0 aromatic carbocycles. The first-order valence-corrected chi connectivity index (χ1v) is 9.82. The van der Waals surface area contributed by atoms with E-state index in [1.54, 1.807) is 0 Å². The fraction of sp³-hybridized carbons (Fsp3) is 0.529. The van der Waals surface area contributed by atoms with Gasteiger partial charge in [0.1, 0.15) is 5.52 Å². The Bertz CT molecular complexity index is 984. The Balaban J connectivity index is 2.25. The predicted octanol–water partition coefficient (Wildman–Crippen LogP) is 0.626. The van der Waals surface area contributed by atoms with Crippen LogP contribution in [0.25, 0.3) is 11.2 Å².